The maximum absolute atomic E-state index is 4.44. The Balaban J connectivity index is 1.60. The second kappa shape index (κ2) is 7.75. The molecule has 3 heterocycles. The van der Waals surface area contributed by atoms with Crippen LogP contribution in [0.25, 0.3) is 0 Å². The monoisotopic (exact) mass is 328 g/mol. The molecule has 0 aromatic carbocycles. The van der Waals surface area contributed by atoms with Crippen molar-refractivity contribution in [1.29, 1.82) is 0 Å². The fraction of sp³-hybridized carbons (Fsp3) is 0.611. The number of likely N-dealkylation sites (tertiary alicyclic amines) is 1. The number of hydrogen-bond donors (Lipinski definition) is 0. The molecule has 1 fully saturated rings. The standard InChI is InChI=1S/C18H28N6/c1-15-19-8-11-23(15)10-7-17-6-4-5-9-24(17)14-16-12-20-18(21-13-16)22(2)3/h8,11-13,17H,4-7,9-10,14H2,1-3H3/t17-/m0/s1. The highest BCUT2D eigenvalue weighted by atomic mass is 15.2. The minimum Gasteiger partial charge on any atom is -0.347 e. The highest BCUT2D eigenvalue weighted by Crippen LogP contribution is 2.22. The molecule has 2 aromatic heterocycles. The molecule has 0 spiro atoms. The summed E-state index contributed by atoms with van der Waals surface area (Å²) in [5.74, 6) is 1.87. The highest BCUT2D eigenvalue weighted by Gasteiger charge is 2.22. The molecule has 0 amide bonds. The van der Waals surface area contributed by atoms with E-state index >= 15 is 0 Å². The number of piperidine rings is 1. The molecule has 1 atom stereocenters. The van der Waals surface area contributed by atoms with Crippen LogP contribution in [0.2, 0.25) is 0 Å². The maximum atomic E-state index is 4.44. The molecular formula is C18H28N6. The lowest BCUT2D eigenvalue weighted by molar-refractivity contribution is 0.128. The first-order valence-corrected chi connectivity index (χ1v) is 8.83. The lowest BCUT2D eigenvalue weighted by atomic mass is 9.98. The van der Waals surface area contributed by atoms with Gasteiger partial charge in [0.05, 0.1) is 0 Å². The van der Waals surface area contributed by atoms with Crippen molar-refractivity contribution < 1.29 is 0 Å². The summed E-state index contributed by atoms with van der Waals surface area (Å²) < 4.78 is 2.25. The lowest BCUT2D eigenvalue weighted by Gasteiger charge is -2.36. The van der Waals surface area contributed by atoms with Crippen molar-refractivity contribution in [2.45, 2.75) is 51.7 Å². The Hall–Kier alpha value is -1.95. The normalized spacial score (nSPS) is 18.7. The molecule has 24 heavy (non-hydrogen) atoms. The summed E-state index contributed by atoms with van der Waals surface area (Å²) in [4.78, 5) is 17.7. The summed E-state index contributed by atoms with van der Waals surface area (Å²) in [5, 5.41) is 0. The topological polar surface area (TPSA) is 50.1 Å². The van der Waals surface area contributed by atoms with Crippen LogP contribution >= 0.6 is 0 Å². The van der Waals surface area contributed by atoms with E-state index in [1.807, 2.05) is 37.6 Å². The number of aromatic nitrogens is 4. The highest BCUT2D eigenvalue weighted by molar-refractivity contribution is 5.26. The van der Waals surface area contributed by atoms with Crippen molar-refractivity contribution >= 4 is 5.95 Å². The molecule has 0 saturated carbocycles. The van der Waals surface area contributed by atoms with E-state index < -0.39 is 0 Å². The maximum Gasteiger partial charge on any atom is 0.224 e. The molecule has 130 valence electrons. The number of imidazole rings is 1. The van der Waals surface area contributed by atoms with Gasteiger partial charge in [-0.1, -0.05) is 6.42 Å². The van der Waals surface area contributed by atoms with Crippen molar-refractivity contribution in [3.63, 3.8) is 0 Å². The van der Waals surface area contributed by atoms with Gasteiger partial charge in [0.2, 0.25) is 5.95 Å². The van der Waals surface area contributed by atoms with E-state index in [4.69, 9.17) is 0 Å². The summed E-state index contributed by atoms with van der Waals surface area (Å²) in [6.45, 7) is 5.23. The van der Waals surface area contributed by atoms with Crippen molar-refractivity contribution in [1.82, 2.24) is 24.4 Å². The van der Waals surface area contributed by atoms with Gasteiger partial charge in [0, 0.05) is 63.6 Å². The number of aryl methyl sites for hydroxylation is 2. The molecule has 1 aliphatic rings. The summed E-state index contributed by atoms with van der Waals surface area (Å²) in [6.07, 6.45) is 13.0. The first kappa shape index (κ1) is 16.9. The molecule has 2 aromatic rings. The Kier molecular flexibility index (Phi) is 5.45. The van der Waals surface area contributed by atoms with E-state index in [9.17, 15) is 0 Å². The van der Waals surface area contributed by atoms with Crippen LogP contribution in [0, 0.1) is 6.92 Å². The van der Waals surface area contributed by atoms with Gasteiger partial charge in [0.15, 0.2) is 0 Å². The number of nitrogens with zero attached hydrogens (tertiary/aromatic N) is 6. The summed E-state index contributed by atoms with van der Waals surface area (Å²) in [6, 6.07) is 0.633. The van der Waals surface area contributed by atoms with Gasteiger partial charge in [-0.05, 0) is 32.7 Å². The van der Waals surface area contributed by atoms with Gasteiger partial charge in [0.1, 0.15) is 5.82 Å². The van der Waals surface area contributed by atoms with Gasteiger partial charge in [-0.3, -0.25) is 4.90 Å². The molecule has 0 bridgehead atoms. The molecule has 0 N–H and O–H groups in total. The zero-order valence-corrected chi connectivity index (χ0v) is 15.0. The molecule has 0 radical (unpaired) electrons. The van der Waals surface area contributed by atoms with Gasteiger partial charge in [0.25, 0.3) is 0 Å². The van der Waals surface area contributed by atoms with E-state index in [1.54, 1.807) is 0 Å². The molecule has 3 rings (SSSR count). The van der Waals surface area contributed by atoms with Crippen LogP contribution in [0.15, 0.2) is 24.8 Å². The molecule has 6 nitrogen and oxygen atoms in total. The fourth-order valence-corrected chi connectivity index (χ4v) is 3.42. The fourth-order valence-electron chi connectivity index (χ4n) is 3.42. The van der Waals surface area contributed by atoms with E-state index in [0.29, 0.717) is 6.04 Å². The predicted octanol–water partition coefficient (Wildman–Crippen LogP) is 2.49. The summed E-state index contributed by atoms with van der Waals surface area (Å²) in [5.41, 5.74) is 1.20. The van der Waals surface area contributed by atoms with Gasteiger partial charge in [-0.2, -0.15) is 0 Å². The van der Waals surface area contributed by atoms with Gasteiger partial charge >= 0.3 is 0 Å². The molecule has 6 heteroatoms. The van der Waals surface area contributed by atoms with Crippen LogP contribution in [0.3, 0.4) is 0 Å². The van der Waals surface area contributed by atoms with E-state index in [1.165, 1.54) is 37.8 Å². The Bertz CT molecular complexity index is 633. The van der Waals surface area contributed by atoms with Gasteiger partial charge in [-0.25, -0.2) is 15.0 Å². The van der Waals surface area contributed by atoms with Crippen LogP contribution in [0.1, 0.15) is 37.1 Å². The van der Waals surface area contributed by atoms with Crippen molar-refractivity contribution in [2.75, 3.05) is 25.5 Å². The van der Waals surface area contributed by atoms with E-state index in [2.05, 4.69) is 37.5 Å². The largest absolute Gasteiger partial charge is 0.347 e. The number of hydrogen-bond acceptors (Lipinski definition) is 5. The lowest BCUT2D eigenvalue weighted by Crippen LogP contribution is -2.39. The average molecular weight is 328 g/mol. The number of anilines is 1. The van der Waals surface area contributed by atoms with Crippen LogP contribution in [0.5, 0.6) is 0 Å². The van der Waals surface area contributed by atoms with Gasteiger partial charge < -0.3 is 9.47 Å². The van der Waals surface area contributed by atoms with Crippen molar-refractivity contribution in [3.8, 4) is 0 Å². The Labute approximate surface area is 144 Å². The Morgan fingerprint density at radius 3 is 2.62 bits per heavy atom. The first-order valence-electron chi connectivity index (χ1n) is 8.83. The quantitative estimate of drug-likeness (QED) is 0.815. The zero-order valence-electron chi connectivity index (χ0n) is 15.0. The van der Waals surface area contributed by atoms with Crippen LogP contribution in [-0.4, -0.2) is 51.1 Å². The van der Waals surface area contributed by atoms with Crippen LogP contribution < -0.4 is 4.90 Å². The van der Waals surface area contributed by atoms with E-state index in [0.717, 1.165) is 24.9 Å². The third kappa shape index (κ3) is 4.12. The predicted molar refractivity (Wildman–Crippen MR) is 96.0 cm³/mol. The molecule has 1 saturated heterocycles. The van der Waals surface area contributed by atoms with Crippen molar-refractivity contribution in [3.05, 3.63) is 36.2 Å². The van der Waals surface area contributed by atoms with Crippen LogP contribution in [-0.2, 0) is 13.1 Å². The zero-order chi connectivity index (χ0) is 16.9. The van der Waals surface area contributed by atoms with Gasteiger partial charge in [-0.15, -0.1) is 0 Å². The molecule has 1 aliphatic heterocycles. The molecule has 0 unspecified atom stereocenters. The first-order chi connectivity index (χ1) is 11.6. The number of rotatable bonds is 6. The van der Waals surface area contributed by atoms with E-state index in [-0.39, 0.29) is 0 Å². The summed E-state index contributed by atoms with van der Waals surface area (Å²) in [7, 11) is 3.93. The third-order valence-corrected chi connectivity index (χ3v) is 4.85. The van der Waals surface area contributed by atoms with Crippen LogP contribution in [0.4, 0.5) is 5.95 Å². The average Bonchev–Trinajstić information content (AvgIpc) is 3.00. The smallest absolute Gasteiger partial charge is 0.224 e. The third-order valence-electron chi connectivity index (χ3n) is 4.85. The second-order valence-electron chi connectivity index (χ2n) is 6.86. The van der Waals surface area contributed by atoms with Crippen molar-refractivity contribution in [2.24, 2.45) is 0 Å². The summed E-state index contributed by atoms with van der Waals surface area (Å²) >= 11 is 0. The molecule has 0 aliphatic carbocycles. The second-order valence-corrected chi connectivity index (χ2v) is 6.86. The Morgan fingerprint density at radius 1 is 1.17 bits per heavy atom. The minimum atomic E-state index is 0.633. The molecular weight excluding hydrogens is 300 g/mol. The SMILES string of the molecule is Cc1nccn1CC[C@@H]1CCCCN1Cc1cnc(N(C)C)nc1. The minimum absolute atomic E-state index is 0.633. The Morgan fingerprint density at radius 2 is 1.96 bits per heavy atom.